The highest BCUT2D eigenvalue weighted by molar-refractivity contribution is 5.06. The number of hydrogen-bond donors (Lipinski definition) is 1. The Morgan fingerprint density at radius 3 is 3.06 bits per heavy atom. The van der Waals surface area contributed by atoms with Crippen LogP contribution in [0.4, 0.5) is 0 Å². The first kappa shape index (κ1) is 11.0. The van der Waals surface area contributed by atoms with Gasteiger partial charge in [-0.25, -0.2) is 14.6 Å². The maximum atomic E-state index is 11.3. The van der Waals surface area contributed by atoms with Crippen molar-refractivity contribution in [2.45, 2.75) is 19.9 Å². The van der Waals surface area contributed by atoms with Crippen molar-refractivity contribution in [1.29, 1.82) is 5.26 Å². The van der Waals surface area contributed by atoms with Gasteiger partial charge in [-0.05, 0) is 6.42 Å². The molecule has 7 nitrogen and oxygen atoms in total. The molecule has 0 aliphatic carbocycles. The molecule has 0 spiro atoms. The van der Waals surface area contributed by atoms with Crippen LogP contribution in [0.2, 0.25) is 0 Å². The minimum atomic E-state index is -0.188. The number of hydrogen-bond acceptors (Lipinski definition) is 5. The summed E-state index contributed by atoms with van der Waals surface area (Å²) in [6, 6.07) is 3.30. The van der Waals surface area contributed by atoms with Crippen LogP contribution in [0.5, 0.6) is 0 Å². The molecular formula is C10H10N6O. The molecule has 0 fully saturated rings. The van der Waals surface area contributed by atoms with Crippen LogP contribution >= 0.6 is 0 Å². The normalized spacial score (nSPS) is 10.1. The summed E-state index contributed by atoms with van der Waals surface area (Å²) in [5.74, 6) is 0.600. The smallest absolute Gasteiger partial charge is 0.252 e. The summed E-state index contributed by atoms with van der Waals surface area (Å²) in [6.07, 6.45) is 2.12. The van der Waals surface area contributed by atoms with E-state index in [4.69, 9.17) is 5.26 Å². The van der Waals surface area contributed by atoms with E-state index in [1.807, 2.05) is 13.0 Å². The van der Waals surface area contributed by atoms with Gasteiger partial charge in [0.05, 0.1) is 0 Å². The molecule has 2 heterocycles. The summed E-state index contributed by atoms with van der Waals surface area (Å²) in [6.45, 7) is 2.21. The van der Waals surface area contributed by atoms with Crippen molar-refractivity contribution < 1.29 is 0 Å². The van der Waals surface area contributed by atoms with Crippen molar-refractivity contribution in [2.24, 2.45) is 0 Å². The Hall–Kier alpha value is -2.49. The van der Waals surface area contributed by atoms with Gasteiger partial charge in [0.25, 0.3) is 11.4 Å². The van der Waals surface area contributed by atoms with Crippen LogP contribution in [0.3, 0.4) is 0 Å². The number of aromatic nitrogens is 5. The second kappa shape index (κ2) is 4.57. The molecule has 0 aromatic carbocycles. The lowest BCUT2D eigenvalue weighted by atomic mass is 10.3. The number of nitriles is 1. The minimum absolute atomic E-state index is 0.0963. The third-order valence-electron chi connectivity index (χ3n) is 2.15. The van der Waals surface area contributed by atoms with Gasteiger partial charge >= 0.3 is 0 Å². The standard InChI is InChI=1S/C10H10N6O/c1-2-7-3-10(17)14-9(13-7)5-16-6-12-8(4-11)15-16/h3,6H,2,5H2,1H3,(H,13,14,17). The fourth-order valence-electron chi connectivity index (χ4n) is 1.39. The molecule has 0 radical (unpaired) electrons. The maximum Gasteiger partial charge on any atom is 0.252 e. The molecule has 17 heavy (non-hydrogen) atoms. The van der Waals surface area contributed by atoms with Crippen molar-refractivity contribution in [1.82, 2.24) is 24.7 Å². The predicted molar refractivity (Wildman–Crippen MR) is 58.1 cm³/mol. The van der Waals surface area contributed by atoms with Gasteiger partial charge < -0.3 is 4.98 Å². The number of aryl methyl sites for hydroxylation is 1. The van der Waals surface area contributed by atoms with Gasteiger partial charge in [0, 0.05) is 11.8 Å². The maximum absolute atomic E-state index is 11.3. The number of rotatable bonds is 3. The zero-order chi connectivity index (χ0) is 12.3. The summed E-state index contributed by atoms with van der Waals surface area (Å²) in [7, 11) is 0. The molecule has 0 saturated carbocycles. The summed E-state index contributed by atoms with van der Waals surface area (Å²) < 4.78 is 1.45. The van der Waals surface area contributed by atoms with Crippen LogP contribution in [0, 0.1) is 11.3 Å². The van der Waals surface area contributed by atoms with Crippen LogP contribution in [0.1, 0.15) is 24.3 Å². The quantitative estimate of drug-likeness (QED) is 0.789. The molecule has 0 saturated heterocycles. The highest BCUT2D eigenvalue weighted by Gasteiger charge is 2.03. The van der Waals surface area contributed by atoms with Gasteiger partial charge in [-0.3, -0.25) is 4.79 Å². The molecule has 86 valence electrons. The molecule has 2 aromatic heterocycles. The number of nitrogens with zero attached hydrogens (tertiary/aromatic N) is 5. The molecular weight excluding hydrogens is 220 g/mol. The highest BCUT2D eigenvalue weighted by Crippen LogP contribution is 1.96. The lowest BCUT2D eigenvalue weighted by Crippen LogP contribution is -2.15. The van der Waals surface area contributed by atoms with Gasteiger partial charge in [0.2, 0.25) is 0 Å². The Morgan fingerprint density at radius 2 is 2.41 bits per heavy atom. The third kappa shape index (κ3) is 2.55. The van der Waals surface area contributed by atoms with Crippen molar-refractivity contribution in [3.8, 4) is 6.07 Å². The van der Waals surface area contributed by atoms with Crippen molar-refractivity contribution in [3.05, 3.63) is 40.1 Å². The summed E-state index contributed by atoms with van der Waals surface area (Å²) in [5, 5.41) is 12.5. The van der Waals surface area contributed by atoms with E-state index in [1.165, 1.54) is 17.1 Å². The lowest BCUT2D eigenvalue weighted by molar-refractivity contribution is 0.644. The van der Waals surface area contributed by atoms with Gasteiger partial charge in [-0.2, -0.15) is 5.26 Å². The Kier molecular flexibility index (Phi) is 2.96. The van der Waals surface area contributed by atoms with Crippen molar-refractivity contribution in [3.63, 3.8) is 0 Å². The minimum Gasteiger partial charge on any atom is -0.309 e. The summed E-state index contributed by atoms with van der Waals surface area (Å²) in [5.41, 5.74) is 0.539. The zero-order valence-corrected chi connectivity index (χ0v) is 9.21. The first-order chi connectivity index (χ1) is 8.21. The topological polar surface area (TPSA) is 100 Å². The van der Waals surface area contributed by atoms with E-state index in [0.29, 0.717) is 12.2 Å². The van der Waals surface area contributed by atoms with Crippen LogP contribution in [-0.4, -0.2) is 24.7 Å². The first-order valence-corrected chi connectivity index (χ1v) is 5.10. The van der Waals surface area contributed by atoms with Crippen molar-refractivity contribution in [2.75, 3.05) is 0 Å². The second-order valence-corrected chi connectivity index (χ2v) is 3.41. The van der Waals surface area contributed by atoms with Gasteiger partial charge in [0.15, 0.2) is 0 Å². The average molecular weight is 230 g/mol. The molecule has 0 amide bonds. The second-order valence-electron chi connectivity index (χ2n) is 3.41. The fraction of sp³-hybridized carbons (Fsp3) is 0.300. The van der Waals surface area contributed by atoms with Crippen LogP contribution in [0.15, 0.2) is 17.2 Å². The molecule has 0 aliphatic heterocycles. The molecule has 0 aliphatic rings. The van der Waals surface area contributed by atoms with Gasteiger partial charge in [0.1, 0.15) is 24.8 Å². The summed E-state index contributed by atoms with van der Waals surface area (Å²) >= 11 is 0. The Bertz CT molecular complexity index is 620. The SMILES string of the molecule is CCc1cc(=O)[nH]c(Cn2cnc(C#N)n2)n1. The van der Waals surface area contributed by atoms with Gasteiger partial charge in [-0.1, -0.05) is 6.92 Å². The van der Waals surface area contributed by atoms with Crippen LogP contribution < -0.4 is 5.56 Å². The van der Waals surface area contributed by atoms with Crippen molar-refractivity contribution >= 4 is 0 Å². The number of aromatic amines is 1. The first-order valence-electron chi connectivity index (χ1n) is 5.10. The Morgan fingerprint density at radius 1 is 1.59 bits per heavy atom. The number of H-pyrrole nitrogens is 1. The molecule has 0 atom stereocenters. The van der Waals surface area contributed by atoms with E-state index >= 15 is 0 Å². The van der Waals surface area contributed by atoms with E-state index in [-0.39, 0.29) is 17.9 Å². The van der Waals surface area contributed by atoms with Crippen LogP contribution in [0.25, 0.3) is 0 Å². The molecule has 2 rings (SSSR count). The van der Waals surface area contributed by atoms with E-state index in [1.54, 1.807) is 0 Å². The zero-order valence-electron chi connectivity index (χ0n) is 9.21. The molecule has 7 heteroatoms. The van der Waals surface area contributed by atoms with Gasteiger partial charge in [-0.15, -0.1) is 5.10 Å². The molecule has 1 N–H and O–H groups in total. The highest BCUT2D eigenvalue weighted by atomic mass is 16.1. The third-order valence-corrected chi connectivity index (χ3v) is 2.15. The lowest BCUT2D eigenvalue weighted by Gasteiger charge is -2.02. The Balaban J connectivity index is 2.27. The molecule has 2 aromatic rings. The van der Waals surface area contributed by atoms with E-state index in [0.717, 1.165) is 5.69 Å². The van der Waals surface area contributed by atoms with E-state index < -0.39 is 0 Å². The van der Waals surface area contributed by atoms with Crippen LogP contribution in [-0.2, 0) is 13.0 Å². The average Bonchev–Trinajstić information content (AvgIpc) is 2.76. The van der Waals surface area contributed by atoms with E-state index in [9.17, 15) is 4.79 Å². The molecule has 0 unspecified atom stereocenters. The molecule has 0 bridgehead atoms. The summed E-state index contributed by atoms with van der Waals surface area (Å²) in [4.78, 5) is 22.0. The predicted octanol–water partition coefficient (Wildman–Crippen LogP) is -0.156. The Labute approximate surface area is 96.8 Å². The monoisotopic (exact) mass is 230 g/mol. The van der Waals surface area contributed by atoms with E-state index in [2.05, 4.69) is 20.1 Å². The fourth-order valence-corrected chi connectivity index (χ4v) is 1.39. The largest absolute Gasteiger partial charge is 0.309 e. The number of nitrogens with one attached hydrogen (secondary N) is 1.